The first-order valence-electron chi connectivity index (χ1n) is 11.2. The van der Waals surface area contributed by atoms with E-state index in [2.05, 4.69) is 24.1 Å². The molecule has 0 atom stereocenters. The number of nitrogens with one attached hydrogen (secondary N) is 1. The number of ether oxygens (including phenoxy) is 1. The highest BCUT2D eigenvalue weighted by atomic mass is 32.2. The maximum Gasteiger partial charge on any atom is 0.303 e. The van der Waals surface area contributed by atoms with E-state index in [1.807, 2.05) is 48.5 Å². The maximum atomic E-state index is 12.4. The van der Waals surface area contributed by atoms with E-state index in [4.69, 9.17) is 9.84 Å². The number of hydrogen-bond donors (Lipinski definition) is 2. The number of carbonyl (C=O) groups is 2. The summed E-state index contributed by atoms with van der Waals surface area (Å²) < 4.78 is 5.63. The second-order valence-corrected chi connectivity index (χ2v) is 8.47. The monoisotopic (exact) mass is 465 g/mol. The minimum atomic E-state index is -0.798. The predicted octanol–water partition coefficient (Wildman–Crippen LogP) is 6.26. The number of hydrogen-bond acceptors (Lipinski definition) is 4. The van der Waals surface area contributed by atoms with Crippen LogP contribution in [0, 0.1) is 11.8 Å². The van der Waals surface area contributed by atoms with E-state index in [1.165, 1.54) is 30.7 Å². The van der Waals surface area contributed by atoms with Gasteiger partial charge in [-0.1, -0.05) is 55.9 Å². The summed E-state index contributed by atoms with van der Waals surface area (Å²) in [5, 5.41) is 11.6. The van der Waals surface area contributed by atoms with Gasteiger partial charge in [0.15, 0.2) is 0 Å². The zero-order valence-electron chi connectivity index (χ0n) is 19.0. The highest BCUT2D eigenvalue weighted by molar-refractivity contribution is 7.99. The van der Waals surface area contributed by atoms with Crippen LogP contribution in [0.25, 0.3) is 6.08 Å². The minimum Gasteiger partial charge on any atom is -0.481 e. The van der Waals surface area contributed by atoms with E-state index < -0.39 is 5.97 Å². The van der Waals surface area contributed by atoms with Gasteiger partial charge in [-0.2, -0.15) is 0 Å². The maximum absolute atomic E-state index is 12.4. The fourth-order valence-electron chi connectivity index (χ4n) is 2.84. The van der Waals surface area contributed by atoms with Crippen molar-refractivity contribution >= 4 is 35.4 Å². The van der Waals surface area contributed by atoms with Crippen LogP contribution in [-0.2, 0) is 9.59 Å². The third-order valence-electron chi connectivity index (χ3n) is 4.59. The fraction of sp³-hybridized carbons (Fsp3) is 0.333. The molecule has 0 unspecified atom stereocenters. The lowest BCUT2D eigenvalue weighted by Crippen LogP contribution is -2.08. The number of unbranched alkanes of at least 4 members (excludes halogenated alkanes) is 3. The molecule has 0 aliphatic rings. The molecule has 2 aromatic carbocycles. The molecule has 0 bridgehead atoms. The zero-order chi connectivity index (χ0) is 23.7. The summed E-state index contributed by atoms with van der Waals surface area (Å²) in [5.74, 6) is 6.54. The van der Waals surface area contributed by atoms with Crippen LogP contribution >= 0.6 is 11.8 Å². The van der Waals surface area contributed by atoms with Crippen LogP contribution in [0.5, 0.6) is 5.75 Å². The molecule has 174 valence electrons. The molecule has 33 heavy (non-hydrogen) atoms. The second-order valence-electron chi connectivity index (χ2n) is 7.33. The Morgan fingerprint density at radius 1 is 1.06 bits per heavy atom. The normalized spacial score (nSPS) is 10.5. The first kappa shape index (κ1) is 26.1. The summed E-state index contributed by atoms with van der Waals surface area (Å²) in [6.45, 7) is 2.55. The number of benzene rings is 2. The van der Waals surface area contributed by atoms with E-state index >= 15 is 0 Å². The quantitative estimate of drug-likeness (QED) is 0.158. The molecule has 0 saturated heterocycles. The van der Waals surface area contributed by atoms with Crippen molar-refractivity contribution in [2.24, 2.45) is 0 Å². The highest BCUT2D eigenvalue weighted by Gasteiger charge is 2.06. The molecule has 6 heteroatoms. The number of thioether (sulfide) groups is 1. The van der Waals surface area contributed by atoms with Gasteiger partial charge in [0, 0.05) is 23.8 Å². The Labute approximate surface area is 200 Å². The first-order chi connectivity index (χ1) is 16.1. The van der Waals surface area contributed by atoms with Gasteiger partial charge in [-0.05, 0) is 54.5 Å². The second kappa shape index (κ2) is 15.6. The smallest absolute Gasteiger partial charge is 0.303 e. The summed E-state index contributed by atoms with van der Waals surface area (Å²) in [4.78, 5) is 23.9. The molecular formula is C27H31NO4S. The van der Waals surface area contributed by atoms with Crippen LogP contribution in [-0.4, -0.2) is 29.3 Å². The minimum absolute atomic E-state index is 0.139. The van der Waals surface area contributed by atoms with E-state index in [9.17, 15) is 9.59 Å². The predicted molar refractivity (Wildman–Crippen MR) is 136 cm³/mol. The summed E-state index contributed by atoms with van der Waals surface area (Å²) in [5.41, 5.74) is 1.60. The molecule has 0 radical (unpaired) electrons. The Balaban J connectivity index is 1.80. The SMILES string of the molecule is CCCCCC#CCOc1ccc(/C=C/C(=O)Nc2ccccc2SCCCC(=O)O)cc1. The van der Waals surface area contributed by atoms with Gasteiger partial charge >= 0.3 is 5.97 Å². The molecule has 1 amide bonds. The van der Waals surface area contributed by atoms with Gasteiger partial charge in [-0.15, -0.1) is 11.8 Å². The van der Waals surface area contributed by atoms with Gasteiger partial charge in [-0.25, -0.2) is 0 Å². The molecule has 0 spiro atoms. The van der Waals surface area contributed by atoms with Crippen molar-refractivity contribution in [1.82, 2.24) is 0 Å². The largest absolute Gasteiger partial charge is 0.481 e. The zero-order valence-corrected chi connectivity index (χ0v) is 19.8. The molecule has 5 nitrogen and oxygen atoms in total. The Morgan fingerprint density at radius 2 is 1.85 bits per heavy atom. The van der Waals surface area contributed by atoms with Crippen LogP contribution in [0.4, 0.5) is 5.69 Å². The van der Waals surface area contributed by atoms with Crippen molar-refractivity contribution in [2.75, 3.05) is 17.7 Å². The lowest BCUT2D eigenvalue weighted by Gasteiger charge is -2.09. The van der Waals surface area contributed by atoms with E-state index in [1.54, 1.807) is 6.08 Å². The Bertz CT molecular complexity index is 974. The van der Waals surface area contributed by atoms with Gasteiger partial charge in [0.05, 0.1) is 5.69 Å². The summed E-state index contributed by atoms with van der Waals surface area (Å²) >= 11 is 1.53. The molecule has 0 heterocycles. The van der Waals surface area contributed by atoms with Crippen LogP contribution < -0.4 is 10.1 Å². The van der Waals surface area contributed by atoms with E-state index in [0.717, 1.165) is 29.1 Å². The molecule has 0 saturated carbocycles. The van der Waals surface area contributed by atoms with Gasteiger partial charge in [0.2, 0.25) is 5.91 Å². The van der Waals surface area contributed by atoms with E-state index in [-0.39, 0.29) is 12.3 Å². The van der Waals surface area contributed by atoms with Crippen molar-refractivity contribution in [3.63, 3.8) is 0 Å². The third-order valence-corrected chi connectivity index (χ3v) is 5.75. The van der Waals surface area contributed by atoms with Crippen LogP contribution in [0.15, 0.2) is 59.5 Å². The molecule has 0 aliphatic carbocycles. The third kappa shape index (κ3) is 11.3. The van der Waals surface area contributed by atoms with Crippen molar-refractivity contribution in [3.8, 4) is 17.6 Å². The van der Waals surface area contributed by atoms with Crippen LogP contribution in [0.3, 0.4) is 0 Å². The van der Waals surface area contributed by atoms with Crippen molar-refractivity contribution in [2.45, 2.75) is 50.3 Å². The van der Waals surface area contributed by atoms with E-state index in [0.29, 0.717) is 24.5 Å². The number of rotatable bonds is 13. The number of carbonyl (C=O) groups excluding carboxylic acids is 1. The Morgan fingerprint density at radius 3 is 2.61 bits per heavy atom. The highest BCUT2D eigenvalue weighted by Crippen LogP contribution is 2.27. The lowest BCUT2D eigenvalue weighted by atomic mass is 10.2. The number of anilines is 1. The van der Waals surface area contributed by atoms with Crippen molar-refractivity contribution in [3.05, 3.63) is 60.2 Å². The Hall–Kier alpha value is -3.17. The Kier molecular flexibility index (Phi) is 12.3. The summed E-state index contributed by atoms with van der Waals surface area (Å²) in [6.07, 6.45) is 8.41. The van der Waals surface area contributed by atoms with Gasteiger partial charge in [0.25, 0.3) is 0 Å². The fourth-order valence-corrected chi connectivity index (χ4v) is 3.80. The molecule has 0 aliphatic heterocycles. The molecule has 2 rings (SSSR count). The molecule has 0 aromatic heterocycles. The molecule has 2 N–H and O–H groups in total. The van der Waals surface area contributed by atoms with Gasteiger partial charge in [0.1, 0.15) is 12.4 Å². The average Bonchev–Trinajstić information content (AvgIpc) is 2.81. The van der Waals surface area contributed by atoms with Gasteiger partial charge < -0.3 is 15.2 Å². The number of amides is 1. The molecule has 0 fully saturated rings. The molecular weight excluding hydrogens is 434 g/mol. The lowest BCUT2D eigenvalue weighted by molar-refractivity contribution is -0.137. The summed E-state index contributed by atoms with van der Waals surface area (Å²) in [6, 6.07) is 15.0. The average molecular weight is 466 g/mol. The first-order valence-corrected chi connectivity index (χ1v) is 12.2. The standard InChI is InChI=1S/C27H31NO4S/c1-2-3-4-5-6-9-20-32-23-17-14-22(15-18-23)16-19-26(29)28-24-11-7-8-12-25(24)33-21-10-13-27(30)31/h7-8,11-12,14-19H,2-5,10,13,20-21H2,1H3,(H,28,29)(H,30,31)/b19-16+. The topological polar surface area (TPSA) is 75.6 Å². The number of carboxylic acids is 1. The number of para-hydroxylation sites is 1. The van der Waals surface area contributed by atoms with Crippen molar-refractivity contribution in [1.29, 1.82) is 0 Å². The van der Waals surface area contributed by atoms with Crippen LogP contribution in [0.1, 0.15) is 51.0 Å². The number of carboxylic acid groups (broad SMARTS) is 1. The number of aliphatic carboxylic acids is 1. The molecule has 2 aromatic rings. The van der Waals surface area contributed by atoms with Gasteiger partial charge in [-0.3, -0.25) is 9.59 Å². The van der Waals surface area contributed by atoms with Crippen LogP contribution in [0.2, 0.25) is 0 Å². The summed E-state index contributed by atoms with van der Waals surface area (Å²) in [7, 11) is 0. The van der Waals surface area contributed by atoms with Crippen molar-refractivity contribution < 1.29 is 19.4 Å².